The van der Waals surface area contributed by atoms with Crippen LogP contribution < -0.4 is 0 Å². The van der Waals surface area contributed by atoms with Crippen molar-refractivity contribution in [2.24, 2.45) is 0 Å². The lowest BCUT2D eigenvalue weighted by atomic mass is 10.1. The molecular weight excluding hydrogens is 107 g/mol. The summed E-state index contributed by atoms with van der Waals surface area (Å²) in [6.07, 6.45) is 5.38. The molecule has 0 saturated heterocycles. The first-order valence-corrected chi connectivity index (χ1v) is 2.40. The van der Waals surface area contributed by atoms with E-state index in [0.717, 1.165) is 0 Å². The Labute approximate surface area is 47.5 Å². The standard InChI is InChI=1S/C6H7FO/c1-6(7)2-4-8-5-3-6/h2-5H,1H3. The highest BCUT2D eigenvalue weighted by Gasteiger charge is 2.16. The van der Waals surface area contributed by atoms with Gasteiger partial charge in [0, 0.05) is 0 Å². The van der Waals surface area contributed by atoms with Crippen molar-refractivity contribution in [2.75, 3.05) is 0 Å². The summed E-state index contributed by atoms with van der Waals surface area (Å²) in [7, 11) is 0. The van der Waals surface area contributed by atoms with E-state index in [-0.39, 0.29) is 0 Å². The third-order valence-corrected chi connectivity index (χ3v) is 0.945. The van der Waals surface area contributed by atoms with Crippen LogP contribution in [0.2, 0.25) is 0 Å². The first-order valence-electron chi connectivity index (χ1n) is 2.40. The molecule has 0 aromatic heterocycles. The Bertz CT molecular complexity index is 121. The van der Waals surface area contributed by atoms with E-state index in [1.165, 1.54) is 31.6 Å². The van der Waals surface area contributed by atoms with Gasteiger partial charge in [-0.25, -0.2) is 4.39 Å². The first-order chi connectivity index (χ1) is 3.71. The fraction of sp³-hybridized carbons (Fsp3) is 0.333. The molecule has 2 heteroatoms. The normalized spacial score (nSPS) is 22.8. The van der Waals surface area contributed by atoms with Crippen molar-refractivity contribution in [3.63, 3.8) is 0 Å². The van der Waals surface area contributed by atoms with Crippen LogP contribution in [0.15, 0.2) is 24.7 Å². The van der Waals surface area contributed by atoms with E-state index in [4.69, 9.17) is 0 Å². The quantitative estimate of drug-likeness (QED) is 0.466. The summed E-state index contributed by atoms with van der Waals surface area (Å²) in [6.45, 7) is 1.46. The lowest BCUT2D eigenvalue weighted by Crippen LogP contribution is -2.11. The second-order valence-corrected chi connectivity index (χ2v) is 1.89. The van der Waals surface area contributed by atoms with Gasteiger partial charge in [-0.3, -0.25) is 0 Å². The summed E-state index contributed by atoms with van der Waals surface area (Å²) in [4.78, 5) is 0. The van der Waals surface area contributed by atoms with Crippen LogP contribution in [-0.4, -0.2) is 5.67 Å². The van der Waals surface area contributed by atoms with Gasteiger partial charge in [-0.05, 0) is 19.1 Å². The molecule has 8 heavy (non-hydrogen) atoms. The van der Waals surface area contributed by atoms with Gasteiger partial charge in [0.05, 0.1) is 12.5 Å². The number of alkyl halides is 1. The van der Waals surface area contributed by atoms with E-state index in [1.807, 2.05) is 0 Å². The van der Waals surface area contributed by atoms with Gasteiger partial charge in [0.15, 0.2) is 5.67 Å². The summed E-state index contributed by atoms with van der Waals surface area (Å²) in [5.41, 5.74) is -1.31. The van der Waals surface area contributed by atoms with Gasteiger partial charge in [0.1, 0.15) is 0 Å². The molecule has 1 aliphatic heterocycles. The molecular formula is C6H7FO. The number of allylic oxidation sites excluding steroid dienone is 2. The van der Waals surface area contributed by atoms with Crippen LogP contribution in [0.3, 0.4) is 0 Å². The number of halogens is 1. The van der Waals surface area contributed by atoms with E-state index in [0.29, 0.717) is 0 Å². The Balaban J connectivity index is 2.69. The van der Waals surface area contributed by atoms with E-state index < -0.39 is 5.67 Å². The molecule has 1 rings (SSSR count). The van der Waals surface area contributed by atoms with Crippen molar-refractivity contribution >= 4 is 0 Å². The fourth-order valence-electron chi connectivity index (χ4n) is 0.446. The average molecular weight is 114 g/mol. The zero-order chi connectivity index (χ0) is 6.04. The van der Waals surface area contributed by atoms with Crippen molar-refractivity contribution in [1.82, 2.24) is 0 Å². The van der Waals surface area contributed by atoms with Crippen molar-refractivity contribution in [2.45, 2.75) is 12.6 Å². The molecule has 0 spiro atoms. The van der Waals surface area contributed by atoms with Gasteiger partial charge >= 0.3 is 0 Å². The Morgan fingerprint density at radius 3 is 2.12 bits per heavy atom. The number of ether oxygens (including phenoxy) is 1. The van der Waals surface area contributed by atoms with Crippen molar-refractivity contribution in [3.05, 3.63) is 24.7 Å². The van der Waals surface area contributed by atoms with Gasteiger partial charge in [-0.15, -0.1) is 0 Å². The van der Waals surface area contributed by atoms with Crippen LogP contribution in [0.4, 0.5) is 4.39 Å². The van der Waals surface area contributed by atoms with E-state index >= 15 is 0 Å². The van der Waals surface area contributed by atoms with Crippen molar-refractivity contribution in [3.8, 4) is 0 Å². The third-order valence-electron chi connectivity index (χ3n) is 0.945. The van der Waals surface area contributed by atoms with Crippen molar-refractivity contribution in [1.29, 1.82) is 0 Å². The molecule has 0 atom stereocenters. The van der Waals surface area contributed by atoms with Crippen LogP contribution >= 0.6 is 0 Å². The maximum Gasteiger partial charge on any atom is 0.151 e. The molecule has 0 aromatic rings. The molecule has 0 N–H and O–H groups in total. The summed E-state index contributed by atoms with van der Waals surface area (Å²) >= 11 is 0. The molecule has 0 radical (unpaired) electrons. The third kappa shape index (κ3) is 1.09. The monoisotopic (exact) mass is 114 g/mol. The minimum absolute atomic E-state index is 1.31. The van der Waals surface area contributed by atoms with Gasteiger partial charge in [-0.2, -0.15) is 0 Å². The van der Waals surface area contributed by atoms with Crippen LogP contribution in [0.1, 0.15) is 6.92 Å². The molecule has 1 nitrogen and oxygen atoms in total. The highest BCUT2D eigenvalue weighted by atomic mass is 19.1. The maximum atomic E-state index is 12.6. The molecule has 0 amide bonds. The average Bonchev–Trinajstić information content (AvgIpc) is 1.65. The minimum Gasteiger partial charge on any atom is -0.473 e. The summed E-state index contributed by atoms with van der Waals surface area (Å²) < 4.78 is 17.2. The SMILES string of the molecule is CC1(F)C=COC=C1. The highest BCUT2D eigenvalue weighted by Crippen LogP contribution is 2.16. The summed E-state index contributed by atoms with van der Waals surface area (Å²) in [5.74, 6) is 0. The lowest BCUT2D eigenvalue weighted by molar-refractivity contribution is 0.285. The van der Waals surface area contributed by atoms with E-state index in [2.05, 4.69) is 4.74 Å². The summed E-state index contributed by atoms with van der Waals surface area (Å²) in [5, 5.41) is 0. The van der Waals surface area contributed by atoms with E-state index in [9.17, 15) is 4.39 Å². The molecule has 0 bridgehead atoms. The molecule has 0 unspecified atom stereocenters. The minimum atomic E-state index is -1.31. The van der Waals surface area contributed by atoms with E-state index in [1.54, 1.807) is 0 Å². The predicted octanol–water partition coefficient (Wildman–Crippen LogP) is 1.77. The molecule has 0 aromatic carbocycles. The Morgan fingerprint density at radius 1 is 1.38 bits per heavy atom. The second kappa shape index (κ2) is 1.62. The van der Waals surface area contributed by atoms with Crippen LogP contribution in [-0.2, 0) is 4.74 Å². The molecule has 0 fully saturated rings. The lowest BCUT2D eigenvalue weighted by Gasteiger charge is -2.11. The zero-order valence-electron chi connectivity index (χ0n) is 4.60. The fourth-order valence-corrected chi connectivity index (χ4v) is 0.446. The Morgan fingerprint density at radius 2 is 1.88 bits per heavy atom. The zero-order valence-corrected chi connectivity index (χ0v) is 4.60. The van der Waals surface area contributed by atoms with Crippen molar-refractivity contribution < 1.29 is 9.13 Å². The van der Waals surface area contributed by atoms with Gasteiger partial charge in [0.25, 0.3) is 0 Å². The maximum absolute atomic E-state index is 12.6. The predicted molar refractivity (Wildman–Crippen MR) is 28.9 cm³/mol. The highest BCUT2D eigenvalue weighted by molar-refractivity contribution is 5.11. The first kappa shape index (κ1) is 5.35. The molecule has 0 aliphatic carbocycles. The Kier molecular flexibility index (Phi) is 1.08. The molecule has 1 aliphatic rings. The van der Waals surface area contributed by atoms with Crippen LogP contribution in [0.25, 0.3) is 0 Å². The van der Waals surface area contributed by atoms with Gasteiger partial charge < -0.3 is 4.74 Å². The topological polar surface area (TPSA) is 9.23 Å². The summed E-state index contributed by atoms with van der Waals surface area (Å²) in [6, 6.07) is 0. The van der Waals surface area contributed by atoms with Crippen LogP contribution in [0, 0.1) is 0 Å². The largest absolute Gasteiger partial charge is 0.473 e. The Hall–Kier alpha value is -0.790. The van der Waals surface area contributed by atoms with Gasteiger partial charge in [0.2, 0.25) is 0 Å². The molecule has 1 heterocycles. The number of hydrogen-bond donors (Lipinski definition) is 0. The van der Waals surface area contributed by atoms with Crippen LogP contribution in [0.5, 0.6) is 0 Å². The molecule has 44 valence electrons. The number of rotatable bonds is 0. The molecule has 0 saturated carbocycles. The smallest absolute Gasteiger partial charge is 0.151 e. The van der Waals surface area contributed by atoms with Gasteiger partial charge in [-0.1, -0.05) is 0 Å². The second-order valence-electron chi connectivity index (χ2n) is 1.89. The number of hydrogen-bond acceptors (Lipinski definition) is 1.